The molecule has 16 heavy (non-hydrogen) atoms. The molecular weight excluding hydrogens is 218 g/mol. The lowest BCUT2D eigenvalue weighted by Gasteiger charge is -2.25. The molecule has 86 valence electrons. The van der Waals surface area contributed by atoms with Gasteiger partial charge in [-0.25, -0.2) is 4.98 Å². The molecule has 0 aliphatic heterocycles. The maximum absolute atomic E-state index is 6.01. The van der Waals surface area contributed by atoms with Crippen LogP contribution in [0.3, 0.4) is 0 Å². The molecule has 4 heteroatoms. The first-order valence-corrected chi connectivity index (χ1v) is 6.86. The van der Waals surface area contributed by atoms with Crippen LogP contribution < -0.4 is 5.73 Å². The molecule has 3 nitrogen and oxygen atoms in total. The third-order valence-electron chi connectivity index (χ3n) is 3.46. The van der Waals surface area contributed by atoms with E-state index in [1.54, 1.807) is 11.3 Å². The number of nitrogens with zero attached hydrogens (tertiary/aromatic N) is 2. The summed E-state index contributed by atoms with van der Waals surface area (Å²) in [6.07, 6.45) is 10.3. The van der Waals surface area contributed by atoms with E-state index in [4.69, 9.17) is 5.73 Å². The van der Waals surface area contributed by atoms with Gasteiger partial charge >= 0.3 is 0 Å². The molecule has 0 radical (unpaired) electrons. The maximum Gasteiger partial charge on any atom is 0.193 e. The van der Waals surface area contributed by atoms with Crippen LogP contribution in [0.1, 0.15) is 31.4 Å². The Balaban J connectivity index is 1.71. The number of fused-ring (bicyclic) bond motifs is 1. The molecule has 0 aromatic carbocycles. The van der Waals surface area contributed by atoms with Gasteiger partial charge in [-0.2, -0.15) is 0 Å². The highest BCUT2D eigenvalue weighted by Crippen LogP contribution is 2.26. The van der Waals surface area contributed by atoms with Crippen LogP contribution in [-0.4, -0.2) is 15.4 Å². The molecule has 1 aliphatic carbocycles. The van der Waals surface area contributed by atoms with Crippen LogP contribution >= 0.6 is 11.3 Å². The maximum atomic E-state index is 6.01. The van der Waals surface area contributed by atoms with Gasteiger partial charge < -0.3 is 5.73 Å². The normalized spacial score (nSPS) is 26.3. The van der Waals surface area contributed by atoms with E-state index in [1.165, 1.54) is 31.4 Å². The lowest BCUT2D eigenvalue weighted by atomic mass is 9.83. The SMILES string of the molecule is NC1CCCC(Cc2cn3ccsc3n2)C1. The molecule has 2 aromatic rings. The summed E-state index contributed by atoms with van der Waals surface area (Å²) in [5.41, 5.74) is 7.24. The lowest BCUT2D eigenvalue weighted by Crippen LogP contribution is -2.28. The van der Waals surface area contributed by atoms with Crippen molar-refractivity contribution in [1.82, 2.24) is 9.38 Å². The topological polar surface area (TPSA) is 43.3 Å². The molecule has 0 amide bonds. The number of aromatic nitrogens is 2. The molecule has 2 N–H and O–H groups in total. The molecule has 3 rings (SSSR count). The van der Waals surface area contributed by atoms with Gasteiger partial charge in [-0.05, 0) is 31.6 Å². The monoisotopic (exact) mass is 235 g/mol. The lowest BCUT2D eigenvalue weighted by molar-refractivity contribution is 0.319. The average molecular weight is 235 g/mol. The van der Waals surface area contributed by atoms with Crippen molar-refractivity contribution < 1.29 is 0 Å². The summed E-state index contributed by atoms with van der Waals surface area (Å²) in [6, 6.07) is 0.419. The van der Waals surface area contributed by atoms with Crippen molar-refractivity contribution in [3.8, 4) is 0 Å². The van der Waals surface area contributed by atoms with Crippen molar-refractivity contribution in [3.63, 3.8) is 0 Å². The highest BCUT2D eigenvalue weighted by Gasteiger charge is 2.20. The zero-order chi connectivity index (χ0) is 11.0. The largest absolute Gasteiger partial charge is 0.328 e. The number of hydrogen-bond acceptors (Lipinski definition) is 3. The number of imidazole rings is 1. The van der Waals surface area contributed by atoms with E-state index in [1.807, 2.05) is 0 Å². The van der Waals surface area contributed by atoms with E-state index in [2.05, 4.69) is 27.2 Å². The van der Waals surface area contributed by atoms with E-state index in [0.717, 1.165) is 17.3 Å². The van der Waals surface area contributed by atoms with Crippen LogP contribution in [0.2, 0.25) is 0 Å². The van der Waals surface area contributed by atoms with Gasteiger partial charge in [-0.15, -0.1) is 11.3 Å². The molecule has 0 saturated heterocycles. The molecule has 0 spiro atoms. The second-order valence-corrected chi connectivity index (χ2v) is 5.69. The van der Waals surface area contributed by atoms with Crippen molar-refractivity contribution >= 4 is 16.3 Å². The fourth-order valence-corrected chi connectivity index (χ4v) is 3.41. The molecule has 1 fully saturated rings. The molecule has 2 heterocycles. The molecule has 0 bridgehead atoms. The van der Waals surface area contributed by atoms with Gasteiger partial charge in [0.05, 0.1) is 5.69 Å². The van der Waals surface area contributed by atoms with E-state index in [9.17, 15) is 0 Å². The average Bonchev–Trinajstić information content (AvgIpc) is 2.77. The standard InChI is InChI=1S/C12H17N3S/c13-10-3-1-2-9(6-10)7-11-8-15-4-5-16-12(15)14-11/h4-5,8-10H,1-3,6-7,13H2. The highest BCUT2D eigenvalue weighted by molar-refractivity contribution is 7.15. The minimum atomic E-state index is 0.419. The minimum Gasteiger partial charge on any atom is -0.328 e. The van der Waals surface area contributed by atoms with Gasteiger partial charge in [0.2, 0.25) is 0 Å². The van der Waals surface area contributed by atoms with Crippen LogP contribution in [0, 0.1) is 5.92 Å². The smallest absolute Gasteiger partial charge is 0.193 e. The Morgan fingerprint density at radius 1 is 1.50 bits per heavy atom. The number of nitrogens with two attached hydrogens (primary N) is 1. The molecule has 1 aliphatic rings. The Labute approximate surface area is 99.3 Å². The summed E-state index contributed by atoms with van der Waals surface area (Å²) in [7, 11) is 0. The summed E-state index contributed by atoms with van der Waals surface area (Å²) in [4.78, 5) is 5.74. The van der Waals surface area contributed by atoms with E-state index in [0.29, 0.717) is 6.04 Å². The molecule has 2 aromatic heterocycles. The van der Waals surface area contributed by atoms with E-state index in [-0.39, 0.29) is 0 Å². The molecule has 2 unspecified atom stereocenters. The molecule has 1 saturated carbocycles. The zero-order valence-corrected chi connectivity index (χ0v) is 10.1. The van der Waals surface area contributed by atoms with Gasteiger partial charge in [-0.3, -0.25) is 4.40 Å². The first-order chi connectivity index (χ1) is 7.81. The first kappa shape index (κ1) is 10.3. The quantitative estimate of drug-likeness (QED) is 0.869. The van der Waals surface area contributed by atoms with Gasteiger partial charge in [0.15, 0.2) is 4.96 Å². The van der Waals surface area contributed by atoms with Crippen LogP contribution in [0.25, 0.3) is 4.96 Å². The number of hydrogen-bond donors (Lipinski definition) is 1. The Morgan fingerprint density at radius 2 is 2.44 bits per heavy atom. The van der Waals surface area contributed by atoms with Crippen molar-refractivity contribution in [2.45, 2.75) is 38.1 Å². The number of rotatable bonds is 2. The minimum absolute atomic E-state index is 0.419. The summed E-state index contributed by atoms with van der Waals surface area (Å²) in [5.74, 6) is 0.744. The Hall–Kier alpha value is -0.870. The van der Waals surface area contributed by atoms with Crippen LogP contribution in [0.15, 0.2) is 17.8 Å². The van der Waals surface area contributed by atoms with E-state index >= 15 is 0 Å². The van der Waals surface area contributed by atoms with Gasteiger partial charge in [-0.1, -0.05) is 6.42 Å². The Morgan fingerprint density at radius 3 is 3.25 bits per heavy atom. The van der Waals surface area contributed by atoms with Crippen molar-refractivity contribution in [1.29, 1.82) is 0 Å². The van der Waals surface area contributed by atoms with Crippen molar-refractivity contribution in [2.24, 2.45) is 11.7 Å². The zero-order valence-electron chi connectivity index (χ0n) is 9.30. The number of thiazole rings is 1. The first-order valence-electron chi connectivity index (χ1n) is 5.98. The highest BCUT2D eigenvalue weighted by atomic mass is 32.1. The van der Waals surface area contributed by atoms with Gasteiger partial charge in [0, 0.05) is 23.8 Å². The van der Waals surface area contributed by atoms with Crippen LogP contribution in [0.5, 0.6) is 0 Å². The fraction of sp³-hybridized carbons (Fsp3) is 0.583. The predicted molar refractivity (Wildman–Crippen MR) is 66.7 cm³/mol. The predicted octanol–water partition coefficient (Wildman–Crippen LogP) is 2.46. The van der Waals surface area contributed by atoms with Crippen LogP contribution in [-0.2, 0) is 6.42 Å². The summed E-state index contributed by atoms with van der Waals surface area (Å²) in [5, 5.41) is 2.07. The third kappa shape index (κ3) is 1.99. The van der Waals surface area contributed by atoms with Crippen molar-refractivity contribution in [2.75, 3.05) is 0 Å². The Kier molecular flexibility index (Phi) is 2.69. The van der Waals surface area contributed by atoms with Gasteiger partial charge in [0.1, 0.15) is 0 Å². The molecular formula is C12H17N3S. The summed E-state index contributed by atoms with van der Waals surface area (Å²) >= 11 is 1.70. The van der Waals surface area contributed by atoms with Crippen molar-refractivity contribution in [3.05, 3.63) is 23.5 Å². The molecule has 2 atom stereocenters. The van der Waals surface area contributed by atoms with E-state index < -0.39 is 0 Å². The van der Waals surface area contributed by atoms with Crippen LogP contribution in [0.4, 0.5) is 0 Å². The third-order valence-corrected chi connectivity index (χ3v) is 4.24. The Bertz CT molecular complexity index is 445. The fourth-order valence-electron chi connectivity index (χ4n) is 2.69. The van der Waals surface area contributed by atoms with Gasteiger partial charge in [0.25, 0.3) is 0 Å². The second kappa shape index (κ2) is 4.18. The summed E-state index contributed by atoms with van der Waals surface area (Å²) < 4.78 is 2.11. The summed E-state index contributed by atoms with van der Waals surface area (Å²) in [6.45, 7) is 0. The second-order valence-electron chi connectivity index (χ2n) is 4.82.